The van der Waals surface area contributed by atoms with Gasteiger partial charge in [0.15, 0.2) is 0 Å². The second-order valence-electron chi connectivity index (χ2n) is 5.06. The number of rotatable bonds is 4. The Hall–Kier alpha value is -1.00. The second-order valence-corrected chi connectivity index (χ2v) is 5.06. The van der Waals surface area contributed by atoms with Crippen molar-refractivity contribution in [2.24, 2.45) is 0 Å². The van der Waals surface area contributed by atoms with Gasteiger partial charge in [0, 0.05) is 17.9 Å². The molecule has 1 aliphatic rings. The predicted octanol–water partition coefficient (Wildman–Crippen LogP) is 1.61. The van der Waals surface area contributed by atoms with Crippen LogP contribution >= 0.6 is 0 Å². The van der Waals surface area contributed by atoms with Crippen molar-refractivity contribution in [3.8, 4) is 0 Å². The first-order valence-electron chi connectivity index (χ1n) is 6.31. The zero-order valence-corrected chi connectivity index (χ0v) is 11.0. The summed E-state index contributed by atoms with van der Waals surface area (Å²) in [7, 11) is 6.36. The minimum atomic E-state index is 0.185. The third kappa shape index (κ3) is 2.19. The van der Waals surface area contributed by atoms with Gasteiger partial charge in [0.05, 0.1) is 17.9 Å². The Morgan fingerprint density at radius 2 is 2.00 bits per heavy atom. The first kappa shape index (κ1) is 12.5. The highest BCUT2D eigenvalue weighted by atomic mass is 15.2. The maximum absolute atomic E-state index is 4.47. The van der Waals surface area contributed by atoms with E-state index >= 15 is 0 Å². The van der Waals surface area contributed by atoms with E-state index in [4.69, 9.17) is 0 Å². The largest absolute Gasteiger partial charge is 0.310 e. The van der Waals surface area contributed by atoms with E-state index in [1.807, 2.05) is 13.2 Å². The lowest BCUT2D eigenvalue weighted by atomic mass is 9.85. The second kappa shape index (κ2) is 5.10. The summed E-state index contributed by atoms with van der Waals surface area (Å²) in [6.07, 6.45) is 10.4. The molecule has 0 bridgehead atoms. The molecule has 17 heavy (non-hydrogen) atoms. The molecule has 1 fully saturated rings. The van der Waals surface area contributed by atoms with E-state index in [0.717, 1.165) is 5.69 Å². The SMILES string of the molecule is CNC(c1cnccn1)C1(N(C)C)CCCC1. The standard InChI is InChI=1S/C13H22N4/c1-14-12(11-10-15-8-9-16-11)13(17(2)3)6-4-5-7-13/h8-10,12,14H,4-7H2,1-3H3. The van der Waals surface area contributed by atoms with Gasteiger partial charge in [0.2, 0.25) is 0 Å². The van der Waals surface area contributed by atoms with Crippen LogP contribution in [0.3, 0.4) is 0 Å². The van der Waals surface area contributed by atoms with Crippen LogP contribution in [0.2, 0.25) is 0 Å². The molecule has 0 spiro atoms. The lowest BCUT2D eigenvalue weighted by Crippen LogP contribution is -2.51. The van der Waals surface area contributed by atoms with Gasteiger partial charge in [-0.2, -0.15) is 0 Å². The molecule has 0 amide bonds. The predicted molar refractivity (Wildman–Crippen MR) is 68.7 cm³/mol. The summed E-state index contributed by atoms with van der Waals surface area (Å²) in [5, 5.41) is 3.44. The molecule has 94 valence electrons. The monoisotopic (exact) mass is 234 g/mol. The molecule has 1 unspecified atom stereocenters. The van der Waals surface area contributed by atoms with E-state index in [0.29, 0.717) is 0 Å². The van der Waals surface area contributed by atoms with Gasteiger partial charge in [-0.15, -0.1) is 0 Å². The lowest BCUT2D eigenvalue weighted by Gasteiger charge is -2.42. The lowest BCUT2D eigenvalue weighted by molar-refractivity contribution is 0.106. The Morgan fingerprint density at radius 1 is 1.29 bits per heavy atom. The Morgan fingerprint density at radius 3 is 2.47 bits per heavy atom. The Kier molecular flexibility index (Phi) is 3.74. The molecule has 2 rings (SSSR count). The summed E-state index contributed by atoms with van der Waals surface area (Å²) >= 11 is 0. The highest BCUT2D eigenvalue weighted by molar-refractivity contribution is 5.14. The van der Waals surface area contributed by atoms with Crippen molar-refractivity contribution in [2.75, 3.05) is 21.1 Å². The van der Waals surface area contributed by atoms with Gasteiger partial charge < -0.3 is 10.2 Å². The van der Waals surface area contributed by atoms with Crippen LogP contribution in [0.5, 0.6) is 0 Å². The molecule has 0 aliphatic heterocycles. The highest BCUT2D eigenvalue weighted by Gasteiger charge is 2.43. The van der Waals surface area contributed by atoms with Gasteiger partial charge in [0.25, 0.3) is 0 Å². The van der Waals surface area contributed by atoms with Gasteiger partial charge in [-0.25, -0.2) is 0 Å². The van der Waals surface area contributed by atoms with E-state index in [2.05, 4.69) is 34.3 Å². The Balaban J connectivity index is 2.33. The molecule has 1 atom stereocenters. The fourth-order valence-electron chi connectivity index (χ4n) is 3.13. The molecular formula is C13H22N4. The summed E-state index contributed by atoms with van der Waals surface area (Å²) in [4.78, 5) is 11.0. The molecule has 0 aromatic carbocycles. The molecule has 0 radical (unpaired) electrons. The number of hydrogen-bond donors (Lipinski definition) is 1. The first-order chi connectivity index (χ1) is 8.20. The summed E-state index contributed by atoms with van der Waals surface area (Å²) in [5.74, 6) is 0. The molecular weight excluding hydrogens is 212 g/mol. The summed E-state index contributed by atoms with van der Waals surface area (Å²) in [6, 6.07) is 0.258. The van der Waals surface area contributed by atoms with Crippen molar-refractivity contribution < 1.29 is 0 Å². The summed E-state index contributed by atoms with van der Waals surface area (Å²) in [5.41, 5.74) is 1.23. The van der Waals surface area contributed by atoms with Crippen LogP contribution in [0.1, 0.15) is 37.4 Å². The zero-order valence-electron chi connectivity index (χ0n) is 11.0. The normalized spacial score (nSPS) is 20.7. The van der Waals surface area contributed by atoms with Crippen molar-refractivity contribution in [3.05, 3.63) is 24.3 Å². The minimum absolute atomic E-state index is 0.185. The molecule has 1 aromatic rings. The van der Waals surface area contributed by atoms with Gasteiger partial charge in [-0.05, 0) is 34.0 Å². The third-order valence-electron chi connectivity index (χ3n) is 4.06. The molecule has 1 N–H and O–H groups in total. The van der Waals surface area contributed by atoms with Crippen LogP contribution in [0.15, 0.2) is 18.6 Å². The topological polar surface area (TPSA) is 41.1 Å². The van der Waals surface area contributed by atoms with Crippen molar-refractivity contribution in [2.45, 2.75) is 37.3 Å². The Labute approximate surface area is 103 Å². The number of aromatic nitrogens is 2. The molecule has 1 saturated carbocycles. The van der Waals surface area contributed by atoms with Crippen LogP contribution in [-0.4, -0.2) is 41.5 Å². The van der Waals surface area contributed by atoms with Crippen LogP contribution in [0.4, 0.5) is 0 Å². The molecule has 1 aromatic heterocycles. The zero-order chi connectivity index (χ0) is 12.3. The Bertz CT molecular complexity index is 344. The van der Waals surface area contributed by atoms with Crippen LogP contribution in [-0.2, 0) is 0 Å². The van der Waals surface area contributed by atoms with Crippen molar-refractivity contribution in [1.82, 2.24) is 20.2 Å². The van der Waals surface area contributed by atoms with Crippen molar-refractivity contribution >= 4 is 0 Å². The van der Waals surface area contributed by atoms with Crippen LogP contribution < -0.4 is 5.32 Å². The molecule has 0 saturated heterocycles. The fourth-order valence-corrected chi connectivity index (χ4v) is 3.13. The van der Waals surface area contributed by atoms with Gasteiger partial charge in [-0.3, -0.25) is 9.97 Å². The average Bonchev–Trinajstić information content (AvgIpc) is 2.82. The van der Waals surface area contributed by atoms with Gasteiger partial charge >= 0.3 is 0 Å². The summed E-state index contributed by atoms with van der Waals surface area (Å²) < 4.78 is 0. The van der Waals surface area contributed by atoms with E-state index < -0.39 is 0 Å². The van der Waals surface area contributed by atoms with Crippen molar-refractivity contribution in [3.63, 3.8) is 0 Å². The van der Waals surface area contributed by atoms with Crippen LogP contribution in [0, 0.1) is 0 Å². The summed E-state index contributed by atoms with van der Waals surface area (Å²) in [6.45, 7) is 0. The highest BCUT2D eigenvalue weighted by Crippen LogP contribution is 2.42. The maximum Gasteiger partial charge on any atom is 0.0774 e. The molecule has 4 heteroatoms. The molecule has 1 aliphatic carbocycles. The van der Waals surface area contributed by atoms with E-state index in [1.54, 1.807) is 12.4 Å². The van der Waals surface area contributed by atoms with E-state index in [1.165, 1.54) is 25.7 Å². The number of nitrogens with zero attached hydrogens (tertiary/aromatic N) is 3. The van der Waals surface area contributed by atoms with Crippen molar-refractivity contribution in [1.29, 1.82) is 0 Å². The van der Waals surface area contributed by atoms with Crippen LogP contribution in [0.25, 0.3) is 0 Å². The molecule has 1 heterocycles. The smallest absolute Gasteiger partial charge is 0.0774 e. The third-order valence-corrected chi connectivity index (χ3v) is 4.06. The fraction of sp³-hybridized carbons (Fsp3) is 0.692. The van der Waals surface area contributed by atoms with E-state index in [9.17, 15) is 0 Å². The number of likely N-dealkylation sites (N-methyl/N-ethyl adjacent to an activating group) is 2. The number of nitrogens with one attached hydrogen (secondary N) is 1. The minimum Gasteiger partial charge on any atom is -0.310 e. The first-order valence-corrected chi connectivity index (χ1v) is 6.31. The van der Waals surface area contributed by atoms with Gasteiger partial charge in [-0.1, -0.05) is 12.8 Å². The van der Waals surface area contributed by atoms with E-state index in [-0.39, 0.29) is 11.6 Å². The average molecular weight is 234 g/mol. The van der Waals surface area contributed by atoms with Gasteiger partial charge in [0.1, 0.15) is 0 Å². The quantitative estimate of drug-likeness (QED) is 0.859. The maximum atomic E-state index is 4.47. The number of hydrogen-bond acceptors (Lipinski definition) is 4. The molecule has 4 nitrogen and oxygen atoms in total.